The van der Waals surface area contributed by atoms with Crippen LogP contribution in [0.4, 0.5) is 0 Å². The molecule has 1 heterocycles. The van der Waals surface area contributed by atoms with E-state index in [-0.39, 0.29) is 0 Å². The summed E-state index contributed by atoms with van der Waals surface area (Å²) in [6.45, 7) is 0. The zero-order chi connectivity index (χ0) is 11.4. The van der Waals surface area contributed by atoms with Crippen molar-refractivity contribution >= 4 is 15.9 Å². The van der Waals surface area contributed by atoms with Crippen molar-refractivity contribution in [2.45, 2.75) is 0 Å². The van der Waals surface area contributed by atoms with Gasteiger partial charge >= 0.3 is 0 Å². The summed E-state index contributed by atoms with van der Waals surface area (Å²) in [7, 11) is 1.62. The Balaban J connectivity index is 2.20. The summed E-state index contributed by atoms with van der Waals surface area (Å²) in [6, 6.07) is 12.9. The second-order valence-corrected chi connectivity index (χ2v) is 3.89. The predicted molar refractivity (Wildman–Crippen MR) is 65.0 cm³/mol. The first kappa shape index (κ1) is 11.0. The zero-order valence-corrected chi connectivity index (χ0v) is 10.3. The number of ether oxygens (including phenoxy) is 2. The highest BCUT2D eigenvalue weighted by molar-refractivity contribution is 9.10. The zero-order valence-electron chi connectivity index (χ0n) is 8.68. The molecule has 0 fully saturated rings. The smallest absolute Gasteiger partial charge is 0.220 e. The lowest BCUT2D eigenvalue weighted by Gasteiger charge is -2.06. The molecule has 1 aromatic heterocycles. The maximum Gasteiger partial charge on any atom is 0.220 e. The number of halogens is 1. The molecule has 0 saturated heterocycles. The molecule has 0 unspecified atom stereocenters. The molecule has 0 saturated carbocycles. The number of rotatable bonds is 3. The third-order valence-corrected chi connectivity index (χ3v) is 2.39. The molecule has 0 atom stereocenters. The molecule has 16 heavy (non-hydrogen) atoms. The van der Waals surface area contributed by atoms with Gasteiger partial charge in [0.25, 0.3) is 0 Å². The Morgan fingerprint density at radius 1 is 1.06 bits per heavy atom. The highest BCUT2D eigenvalue weighted by atomic mass is 79.9. The average Bonchev–Trinajstić information content (AvgIpc) is 2.29. The number of hydrogen-bond donors (Lipinski definition) is 0. The van der Waals surface area contributed by atoms with Gasteiger partial charge in [-0.05, 0) is 34.1 Å². The Bertz CT molecular complexity index is 488. The van der Waals surface area contributed by atoms with Crippen LogP contribution in [0.3, 0.4) is 0 Å². The highest BCUT2D eigenvalue weighted by Crippen LogP contribution is 2.24. The summed E-state index contributed by atoms with van der Waals surface area (Å²) >= 11 is 3.29. The Morgan fingerprint density at radius 2 is 1.81 bits per heavy atom. The van der Waals surface area contributed by atoms with Gasteiger partial charge in [-0.1, -0.05) is 12.1 Å². The van der Waals surface area contributed by atoms with E-state index in [4.69, 9.17) is 9.47 Å². The molecule has 1 aromatic carbocycles. The van der Waals surface area contributed by atoms with Crippen LogP contribution in [-0.2, 0) is 0 Å². The monoisotopic (exact) mass is 279 g/mol. The third kappa shape index (κ3) is 2.73. The summed E-state index contributed by atoms with van der Waals surface area (Å²) in [6.07, 6.45) is 0. The second-order valence-electron chi connectivity index (χ2n) is 3.08. The van der Waals surface area contributed by atoms with Crippen molar-refractivity contribution in [1.29, 1.82) is 0 Å². The fourth-order valence-electron chi connectivity index (χ4n) is 1.23. The lowest BCUT2D eigenvalue weighted by atomic mass is 10.3. The van der Waals surface area contributed by atoms with E-state index in [0.29, 0.717) is 11.6 Å². The van der Waals surface area contributed by atoms with E-state index in [1.807, 2.05) is 36.4 Å². The Morgan fingerprint density at radius 3 is 2.56 bits per heavy atom. The Kier molecular flexibility index (Phi) is 3.41. The molecule has 0 bridgehead atoms. The largest absolute Gasteiger partial charge is 0.497 e. The molecule has 82 valence electrons. The van der Waals surface area contributed by atoms with Gasteiger partial charge in [0.1, 0.15) is 16.1 Å². The number of pyridine rings is 1. The van der Waals surface area contributed by atoms with Gasteiger partial charge < -0.3 is 9.47 Å². The summed E-state index contributed by atoms with van der Waals surface area (Å²) in [5.74, 6) is 2.00. The minimum absolute atomic E-state index is 0.544. The van der Waals surface area contributed by atoms with E-state index >= 15 is 0 Å². The molecule has 4 heteroatoms. The number of aromatic nitrogens is 1. The van der Waals surface area contributed by atoms with Gasteiger partial charge in [-0.2, -0.15) is 0 Å². The third-order valence-electron chi connectivity index (χ3n) is 1.95. The van der Waals surface area contributed by atoms with Crippen LogP contribution in [-0.4, -0.2) is 12.1 Å². The number of hydrogen-bond acceptors (Lipinski definition) is 3. The van der Waals surface area contributed by atoms with Gasteiger partial charge in [0.2, 0.25) is 5.88 Å². The van der Waals surface area contributed by atoms with Crippen molar-refractivity contribution < 1.29 is 9.47 Å². The Labute approximate surface area is 102 Å². The van der Waals surface area contributed by atoms with Gasteiger partial charge in [0.15, 0.2) is 0 Å². The van der Waals surface area contributed by atoms with E-state index in [2.05, 4.69) is 20.9 Å². The minimum atomic E-state index is 0.544. The summed E-state index contributed by atoms with van der Waals surface area (Å²) in [4.78, 5) is 4.18. The molecule has 0 aliphatic rings. The van der Waals surface area contributed by atoms with Crippen LogP contribution in [0.1, 0.15) is 0 Å². The van der Waals surface area contributed by atoms with E-state index in [1.54, 1.807) is 13.2 Å². The normalized spacial score (nSPS) is 9.88. The van der Waals surface area contributed by atoms with Crippen molar-refractivity contribution in [3.63, 3.8) is 0 Å². The van der Waals surface area contributed by atoms with Crippen LogP contribution in [0.5, 0.6) is 17.4 Å². The first-order valence-corrected chi connectivity index (χ1v) is 5.52. The Hall–Kier alpha value is -1.55. The average molecular weight is 280 g/mol. The highest BCUT2D eigenvalue weighted by Gasteiger charge is 2.00. The summed E-state index contributed by atoms with van der Waals surface area (Å²) < 4.78 is 11.4. The van der Waals surface area contributed by atoms with E-state index < -0.39 is 0 Å². The first-order chi connectivity index (χ1) is 7.78. The topological polar surface area (TPSA) is 31.4 Å². The lowest BCUT2D eigenvalue weighted by Crippen LogP contribution is -1.89. The molecule has 2 aromatic rings. The molecule has 0 spiro atoms. The number of methoxy groups -OCH3 is 1. The van der Waals surface area contributed by atoms with Gasteiger partial charge in [-0.15, -0.1) is 0 Å². The van der Waals surface area contributed by atoms with Crippen LogP contribution < -0.4 is 9.47 Å². The lowest BCUT2D eigenvalue weighted by molar-refractivity contribution is 0.407. The van der Waals surface area contributed by atoms with Crippen LogP contribution in [0, 0.1) is 0 Å². The maximum absolute atomic E-state index is 5.58. The number of benzene rings is 1. The van der Waals surface area contributed by atoms with Crippen LogP contribution in [0.2, 0.25) is 0 Å². The molecule has 2 rings (SSSR count). The molecule has 0 amide bonds. The van der Waals surface area contributed by atoms with Gasteiger partial charge in [0.05, 0.1) is 7.11 Å². The molecule has 0 aliphatic heterocycles. The molecular weight excluding hydrogens is 270 g/mol. The molecule has 0 N–H and O–H groups in total. The van der Waals surface area contributed by atoms with Crippen molar-refractivity contribution in [3.05, 3.63) is 47.1 Å². The fourth-order valence-corrected chi connectivity index (χ4v) is 1.56. The molecular formula is C12H10BrNO2. The van der Waals surface area contributed by atoms with Crippen LogP contribution in [0.15, 0.2) is 47.1 Å². The summed E-state index contributed by atoms with van der Waals surface area (Å²) in [5.41, 5.74) is 0. The van der Waals surface area contributed by atoms with E-state index in [0.717, 1.165) is 10.4 Å². The molecule has 0 aliphatic carbocycles. The predicted octanol–water partition coefficient (Wildman–Crippen LogP) is 3.65. The minimum Gasteiger partial charge on any atom is -0.497 e. The molecule has 3 nitrogen and oxygen atoms in total. The van der Waals surface area contributed by atoms with Crippen LogP contribution >= 0.6 is 15.9 Å². The summed E-state index contributed by atoms with van der Waals surface area (Å²) in [5, 5.41) is 0. The van der Waals surface area contributed by atoms with Crippen molar-refractivity contribution in [3.8, 4) is 17.4 Å². The standard InChI is InChI=1S/C12H10BrNO2/c1-15-9-4-2-5-10(8-9)16-12-7-3-6-11(13)14-12/h2-8H,1H3. The maximum atomic E-state index is 5.58. The van der Waals surface area contributed by atoms with Gasteiger partial charge in [-0.25, -0.2) is 4.98 Å². The van der Waals surface area contributed by atoms with Crippen LogP contribution in [0.25, 0.3) is 0 Å². The van der Waals surface area contributed by atoms with Gasteiger partial charge in [0, 0.05) is 12.1 Å². The SMILES string of the molecule is COc1cccc(Oc2cccc(Br)n2)c1. The van der Waals surface area contributed by atoms with E-state index in [9.17, 15) is 0 Å². The number of nitrogens with zero attached hydrogens (tertiary/aromatic N) is 1. The quantitative estimate of drug-likeness (QED) is 0.804. The van der Waals surface area contributed by atoms with Gasteiger partial charge in [-0.3, -0.25) is 0 Å². The van der Waals surface area contributed by atoms with Crippen molar-refractivity contribution in [1.82, 2.24) is 4.98 Å². The van der Waals surface area contributed by atoms with Crippen molar-refractivity contribution in [2.75, 3.05) is 7.11 Å². The first-order valence-electron chi connectivity index (χ1n) is 4.72. The fraction of sp³-hybridized carbons (Fsp3) is 0.0833. The van der Waals surface area contributed by atoms with Crippen molar-refractivity contribution in [2.24, 2.45) is 0 Å². The van der Waals surface area contributed by atoms with E-state index in [1.165, 1.54) is 0 Å². The second kappa shape index (κ2) is 4.99. The molecule has 0 radical (unpaired) electrons.